The van der Waals surface area contributed by atoms with Gasteiger partial charge in [-0.15, -0.1) is 0 Å². The Balaban J connectivity index is 0.000000149. The zero-order chi connectivity index (χ0) is 27.6. The summed E-state index contributed by atoms with van der Waals surface area (Å²) in [6, 6.07) is 31.1. The first-order chi connectivity index (χ1) is 18.9. The Kier molecular flexibility index (Phi) is 10.3. The maximum atomic E-state index is 12.4. The van der Waals surface area contributed by atoms with Crippen molar-refractivity contribution in [1.29, 1.82) is 0 Å². The number of ketones is 2. The van der Waals surface area contributed by atoms with Crippen molar-refractivity contribution in [2.45, 2.75) is 32.1 Å². The Bertz CT molecular complexity index is 1520. The fourth-order valence-electron chi connectivity index (χ4n) is 4.62. The number of Topliss-reactive ketones (excluding diaryl/α,β-unsaturated/α-hetero) is 2. The van der Waals surface area contributed by atoms with Gasteiger partial charge in [-0.1, -0.05) is 105 Å². The molecular formula is C34H28Br2O3. The van der Waals surface area contributed by atoms with Gasteiger partial charge in [-0.25, -0.2) is 0 Å². The third kappa shape index (κ3) is 8.04. The second-order valence-corrected chi connectivity index (χ2v) is 11.1. The van der Waals surface area contributed by atoms with Crippen molar-refractivity contribution < 1.29 is 14.4 Å². The molecule has 5 heteroatoms. The number of allylic oxidation sites excluding steroid dienone is 1. The van der Waals surface area contributed by atoms with E-state index in [1.54, 1.807) is 12.1 Å². The highest BCUT2D eigenvalue weighted by atomic mass is 79.9. The van der Waals surface area contributed by atoms with Gasteiger partial charge in [-0.3, -0.25) is 14.4 Å². The van der Waals surface area contributed by atoms with E-state index < -0.39 is 0 Å². The van der Waals surface area contributed by atoms with Crippen molar-refractivity contribution in [2.75, 3.05) is 0 Å². The van der Waals surface area contributed by atoms with Gasteiger partial charge >= 0.3 is 0 Å². The highest BCUT2D eigenvalue weighted by Crippen LogP contribution is 2.27. The van der Waals surface area contributed by atoms with E-state index in [1.165, 1.54) is 11.1 Å². The molecule has 0 spiro atoms. The first-order valence-electron chi connectivity index (χ1n) is 12.8. The van der Waals surface area contributed by atoms with Gasteiger partial charge in [-0.2, -0.15) is 0 Å². The van der Waals surface area contributed by atoms with Crippen molar-refractivity contribution in [2.24, 2.45) is 0 Å². The van der Waals surface area contributed by atoms with Crippen LogP contribution in [0.2, 0.25) is 0 Å². The summed E-state index contributed by atoms with van der Waals surface area (Å²) in [4.78, 5) is 33.8. The monoisotopic (exact) mass is 642 g/mol. The average Bonchev–Trinajstić information content (AvgIpc) is 2.96. The Labute approximate surface area is 246 Å². The topological polar surface area (TPSA) is 51.2 Å². The van der Waals surface area contributed by atoms with Crippen molar-refractivity contribution in [3.8, 4) is 0 Å². The van der Waals surface area contributed by atoms with Crippen LogP contribution in [0.1, 0.15) is 67.0 Å². The summed E-state index contributed by atoms with van der Waals surface area (Å²) < 4.78 is 1.97. The van der Waals surface area contributed by atoms with Crippen molar-refractivity contribution in [1.82, 2.24) is 0 Å². The molecule has 4 aromatic carbocycles. The number of rotatable bonds is 2. The van der Waals surface area contributed by atoms with E-state index in [-0.39, 0.29) is 5.78 Å². The zero-order valence-electron chi connectivity index (χ0n) is 21.4. The summed E-state index contributed by atoms with van der Waals surface area (Å²) >= 11 is 6.70. The minimum atomic E-state index is 0.168. The van der Waals surface area contributed by atoms with Gasteiger partial charge in [0.1, 0.15) is 6.29 Å². The van der Waals surface area contributed by atoms with E-state index in [0.717, 1.165) is 69.6 Å². The first-order valence-corrected chi connectivity index (χ1v) is 14.4. The molecule has 4 aromatic rings. The molecule has 0 heterocycles. The smallest absolute Gasteiger partial charge is 0.189 e. The minimum absolute atomic E-state index is 0.168. The number of hydrogen-bond donors (Lipinski definition) is 0. The lowest BCUT2D eigenvalue weighted by molar-refractivity contribution is 0.0971. The summed E-state index contributed by atoms with van der Waals surface area (Å²) in [6.07, 6.45) is 7.42. The minimum Gasteiger partial charge on any atom is -0.298 e. The second kappa shape index (κ2) is 14.1. The molecule has 2 aliphatic carbocycles. The highest BCUT2D eigenvalue weighted by molar-refractivity contribution is 9.10. The molecular weight excluding hydrogens is 616 g/mol. The number of hydrogen-bond acceptors (Lipinski definition) is 3. The normalized spacial score (nSPS) is 14.7. The van der Waals surface area contributed by atoms with E-state index >= 15 is 0 Å². The predicted molar refractivity (Wildman–Crippen MR) is 164 cm³/mol. The Morgan fingerprint density at radius 1 is 0.590 bits per heavy atom. The molecule has 0 aliphatic heterocycles. The van der Waals surface area contributed by atoms with Crippen LogP contribution >= 0.6 is 31.9 Å². The summed E-state index contributed by atoms with van der Waals surface area (Å²) in [7, 11) is 0. The van der Waals surface area contributed by atoms with Crippen LogP contribution in [-0.4, -0.2) is 17.9 Å². The number of fused-ring (bicyclic) bond motifs is 2. The number of benzene rings is 4. The Morgan fingerprint density at radius 3 is 1.79 bits per heavy atom. The summed E-state index contributed by atoms with van der Waals surface area (Å²) in [5.41, 5.74) is 6.86. The number of carbonyl (C=O) groups is 3. The van der Waals surface area contributed by atoms with E-state index in [1.807, 2.05) is 91.0 Å². The molecule has 0 N–H and O–H groups in total. The van der Waals surface area contributed by atoms with Gasteiger partial charge in [0.25, 0.3) is 0 Å². The van der Waals surface area contributed by atoms with Gasteiger partial charge < -0.3 is 0 Å². The lowest BCUT2D eigenvalue weighted by atomic mass is 9.86. The second-order valence-electron chi connectivity index (χ2n) is 9.32. The highest BCUT2D eigenvalue weighted by Gasteiger charge is 2.21. The van der Waals surface area contributed by atoms with Crippen molar-refractivity contribution >= 4 is 55.8 Å². The maximum Gasteiger partial charge on any atom is 0.189 e. The zero-order valence-corrected chi connectivity index (χ0v) is 24.6. The third-order valence-electron chi connectivity index (χ3n) is 6.56. The van der Waals surface area contributed by atoms with Gasteiger partial charge in [0.2, 0.25) is 0 Å². The molecule has 2 aliphatic rings. The number of aryl methyl sites for hydroxylation is 2. The van der Waals surface area contributed by atoms with Gasteiger partial charge in [0.05, 0.1) is 0 Å². The average molecular weight is 644 g/mol. The molecule has 0 saturated heterocycles. The molecule has 0 saturated carbocycles. The van der Waals surface area contributed by atoms with Crippen LogP contribution in [0.3, 0.4) is 0 Å². The van der Waals surface area contributed by atoms with Crippen LogP contribution in [-0.2, 0) is 12.8 Å². The van der Waals surface area contributed by atoms with E-state index in [9.17, 15) is 14.4 Å². The van der Waals surface area contributed by atoms with Crippen LogP contribution in [0.5, 0.6) is 0 Å². The predicted octanol–water partition coefficient (Wildman–Crippen LogP) is 9.13. The maximum absolute atomic E-state index is 12.4. The van der Waals surface area contributed by atoms with Crippen LogP contribution in [0.25, 0.3) is 6.08 Å². The first kappa shape index (κ1) is 28.6. The standard InChI is InChI=1S/C17H13BrO.C10H10O.C7H5BrO/c18-15-6-3-4-12(11-15)10-14-9-8-13-5-1-2-7-16(13)17(14)19;11-10-7-3-5-8-4-1-2-6-9(8)10;8-7-3-1-2-6(4-7)5-9/h1-7,10-11H,8-9H2;1-2,4,6H,3,5,7H2;1-5H/b14-10+;;. The summed E-state index contributed by atoms with van der Waals surface area (Å²) in [5, 5.41) is 0. The van der Waals surface area contributed by atoms with Crippen LogP contribution < -0.4 is 0 Å². The molecule has 0 radical (unpaired) electrons. The molecule has 39 heavy (non-hydrogen) atoms. The Hall–Kier alpha value is -3.41. The van der Waals surface area contributed by atoms with Crippen molar-refractivity contribution in [3.05, 3.63) is 145 Å². The van der Waals surface area contributed by atoms with Crippen molar-refractivity contribution in [3.63, 3.8) is 0 Å². The van der Waals surface area contributed by atoms with Crippen LogP contribution in [0.4, 0.5) is 0 Å². The summed E-state index contributed by atoms with van der Waals surface area (Å²) in [5.74, 6) is 0.480. The molecule has 0 bridgehead atoms. The molecule has 0 atom stereocenters. The fourth-order valence-corrected chi connectivity index (χ4v) is 5.45. The quantitative estimate of drug-likeness (QED) is 0.162. The van der Waals surface area contributed by atoms with E-state index in [0.29, 0.717) is 11.3 Å². The Morgan fingerprint density at radius 2 is 1.18 bits per heavy atom. The van der Waals surface area contributed by atoms with Gasteiger partial charge in [0, 0.05) is 37.6 Å². The molecule has 0 unspecified atom stereocenters. The molecule has 0 amide bonds. The molecule has 196 valence electrons. The van der Waals surface area contributed by atoms with Crippen LogP contribution in [0.15, 0.2) is 112 Å². The number of halogens is 2. The molecule has 0 fully saturated rings. The third-order valence-corrected chi connectivity index (χ3v) is 7.55. The SMILES string of the molecule is O=C1/C(=C/c2cccc(Br)c2)CCc2ccccc21.O=C1CCCc2ccccc21.O=Cc1cccc(Br)c1. The van der Waals surface area contributed by atoms with E-state index in [2.05, 4.69) is 31.9 Å². The number of carbonyl (C=O) groups excluding carboxylic acids is 3. The number of aldehydes is 1. The van der Waals surface area contributed by atoms with Gasteiger partial charge in [-0.05, 0) is 72.7 Å². The largest absolute Gasteiger partial charge is 0.298 e. The summed E-state index contributed by atoms with van der Waals surface area (Å²) in [6.45, 7) is 0. The fraction of sp³-hybridized carbons (Fsp3) is 0.147. The lowest BCUT2D eigenvalue weighted by Gasteiger charge is -2.17. The van der Waals surface area contributed by atoms with Crippen LogP contribution in [0, 0.1) is 0 Å². The van der Waals surface area contributed by atoms with E-state index in [4.69, 9.17) is 0 Å². The molecule has 6 rings (SSSR count). The van der Waals surface area contributed by atoms with Gasteiger partial charge in [0.15, 0.2) is 11.6 Å². The molecule has 0 aromatic heterocycles. The lowest BCUT2D eigenvalue weighted by Crippen LogP contribution is -2.13. The molecule has 3 nitrogen and oxygen atoms in total.